The van der Waals surface area contributed by atoms with Gasteiger partial charge in [0.25, 0.3) is 0 Å². The van der Waals surface area contributed by atoms with Crippen LogP contribution in [-0.2, 0) is 6.42 Å². The van der Waals surface area contributed by atoms with E-state index in [0.717, 1.165) is 24.3 Å². The van der Waals surface area contributed by atoms with Crippen molar-refractivity contribution in [2.24, 2.45) is 0 Å². The molecule has 5 heteroatoms. The highest BCUT2D eigenvalue weighted by atomic mass is 35.5. The molecule has 17 heavy (non-hydrogen) atoms. The van der Waals surface area contributed by atoms with Gasteiger partial charge in [-0.05, 0) is 27.2 Å². The molecule has 0 bridgehead atoms. The predicted molar refractivity (Wildman–Crippen MR) is 70.6 cm³/mol. The number of likely N-dealkylation sites (N-methyl/N-ethyl adjacent to an activating group) is 1. The van der Waals surface area contributed by atoms with Crippen molar-refractivity contribution in [2.45, 2.75) is 39.7 Å². The Balaban J connectivity index is 3.07. The Labute approximate surface area is 108 Å². The minimum absolute atomic E-state index is 0.492. The topological polar surface area (TPSA) is 49.2 Å². The van der Waals surface area contributed by atoms with Gasteiger partial charge in [-0.1, -0.05) is 18.5 Å². The van der Waals surface area contributed by atoms with E-state index in [1.54, 1.807) is 13.8 Å². The molecule has 0 radical (unpaired) electrons. The highest BCUT2D eigenvalue weighted by molar-refractivity contribution is 6.30. The van der Waals surface area contributed by atoms with E-state index in [4.69, 9.17) is 11.6 Å². The van der Waals surface area contributed by atoms with Gasteiger partial charge in [0.1, 0.15) is 17.3 Å². The summed E-state index contributed by atoms with van der Waals surface area (Å²) < 4.78 is 0. The van der Waals surface area contributed by atoms with E-state index in [9.17, 15) is 5.11 Å². The van der Waals surface area contributed by atoms with Gasteiger partial charge in [-0.3, -0.25) is 0 Å². The van der Waals surface area contributed by atoms with Crippen molar-refractivity contribution in [3.63, 3.8) is 0 Å². The molecule has 0 saturated heterocycles. The van der Waals surface area contributed by atoms with Crippen molar-refractivity contribution in [2.75, 3.05) is 18.0 Å². The lowest BCUT2D eigenvalue weighted by atomic mass is 10.1. The van der Waals surface area contributed by atoms with E-state index >= 15 is 0 Å². The zero-order valence-electron chi connectivity index (χ0n) is 10.9. The van der Waals surface area contributed by atoms with Crippen molar-refractivity contribution in [3.8, 4) is 0 Å². The molecule has 1 heterocycles. The first-order valence-electron chi connectivity index (χ1n) is 5.85. The number of anilines is 1. The number of nitrogens with zero attached hydrogens (tertiary/aromatic N) is 3. The van der Waals surface area contributed by atoms with Crippen LogP contribution in [0, 0.1) is 0 Å². The lowest BCUT2D eigenvalue weighted by Crippen LogP contribution is -2.39. The zero-order valence-corrected chi connectivity index (χ0v) is 11.6. The van der Waals surface area contributed by atoms with Crippen LogP contribution < -0.4 is 4.90 Å². The monoisotopic (exact) mass is 257 g/mol. The summed E-state index contributed by atoms with van der Waals surface area (Å²) in [5.41, 5.74) is 0.165. The van der Waals surface area contributed by atoms with E-state index in [2.05, 4.69) is 9.97 Å². The molecule has 1 rings (SSSR count). The molecule has 1 aromatic heterocycles. The molecular formula is C12H20ClN3O. The van der Waals surface area contributed by atoms with Crippen molar-refractivity contribution in [3.05, 3.63) is 17.0 Å². The summed E-state index contributed by atoms with van der Waals surface area (Å²) in [5, 5.41) is 10.4. The number of rotatable bonds is 5. The first-order valence-corrected chi connectivity index (χ1v) is 6.23. The fourth-order valence-corrected chi connectivity index (χ4v) is 2.02. The Kier molecular flexibility index (Phi) is 4.71. The summed E-state index contributed by atoms with van der Waals surface area (Å²) in [5.74, 6) is 0.817. The van der Waals surface area contributed by atoms with Gasteiger partial charge in [0.15, 0.2) is 0 Å². The van der Waals surface area contributed by atoms with Gasteiger partial charge in [-0.2, -0.15) is 0 Å². The standard InChI is InChI=1S/C12H20ClN3O/c1-5-9-10(13)14-8-15-11(9)16(6-2)7-12(3,4)17/h8,17H,5-7H2,1-4H3. The van der Waals surface area contributed by atoms with E-state index in [1.807, 2.05) is 18.7 Å². The second-order valence-corrected chi connectivity index (χ2v) is 5.00. The van der Waals surface area contributed by atoms with Gasteiger partial charge < -0.3 is 10.0 Å². The van der Waals surface area contributed by atoms with Gasteiger partial charge in [-0.15, -0.1) is 0 Å². The summed E-state index contributed by atoms with van der Waals surface area (Å²) in [7, 11) is 0. The third kappa shape index (κ3) is 3.82. The predicted octanol–water partition coefficient (Wildman–Crippen LogP) is 2.29. The van der Waals surface area contributed by atoms with Crippen LogP contribution in [0.1, 0.15) is 33.3 Å². The van der Waals surface area contributed by atoms with Crippen LogP contribution >= 0.6 is 11.6 Å². The molecule has 0 atom stereocenters. The van der Waals surface area contributed by atoms with Crippen molar-refractivity contribution < 1.29 is 5.11 Å². The third-order valence-electron chi connectivity index (χ3n) is 2.48. The highest BCUT2D eigenvalue weighted by Gasteiger charge is 2.21. The molecular weight excluding hydrogens is 238 g/mol. The Morgan fingerprint density at radius 2 is 2.00 bits per heavy atom. The summed E-state index contributed by atoms with van der Waals surface area (Å²) in [4.78, 5) is 10.3. The number of hydrogen-bond acceptors (Lipinski definition) is 4. The molecule has 1 aromatic rings. The highest BCUT2D eigenvalue weighted by Crippen LogP contribution is 2.24. The number of aromatic nitrogens is 2. The van der Waals surface area contributed by atoms with Crippen LogP contribution in [0.4, 0.5) is 5.82 Å². The first kappa shape index (κ1) is 14.2. The molecule has 0 unspecified atom stereocenters. The van der Waals surface area contributed by atoms with Gasteiger partial charge in [0.2, 0.25) is 0 Å². The van der Waals surface area contributed by atoms with E-state index in [0.29, 0.717) is 11.7 Å². The van der Waals surface area contributed by atoms with Crippen LogP contribution in [0.15, 0.2) is 6.33 Å². The second kappa shape index (κ2) is 5.65. The Morgan fingerprint density at radius 1 is 1.35 bits per heavy atom. The molecule has 0 aliphatic rings. The zero-order chi connectivity index (χ0) is 13.1. The maximum Gasteiger partial charge on any atom is 0.137 e. The quantitative estimate of drug-likeness (QED) is 0.823. The van der Waals surface area contributed by atoms with Gasteiger partial charge >= 0.3 is 0 Å². The second-order valence-electron chi connectivity index (χ2n) is 4.65. The fraction of sp³-hybridized carbons (Fsp3) is 0.667. The molecule has 0 aliphatic carbocycles. The first-order chi connectivity index (χ1) is 7.89. The van der Waals surface area contributed by atoms with Gasteiger partial charge in [0, 0.05) is 18.7 Å². The van der Waals surface area contributed by atoms with Gasteiger partial charge in [0.05, 0.1) is 5.60 Å². The largest absolute Gasteiger partial charge is 0.389 e. The molecule has 0 aromatic carbocycles. The maximum absolute atomic E-state index is 9.90. The van der Waals surface area contributed by atoms with Crippen LogP contribution in [0.3, 0.4) is 0 Å². The summed E-state index contributed by atoms with van der Waals surface area (Å²) >= 11 is 6.06. The normalized spacial score (nSPS) is 11.6. The average Bonchev–Trinajstić information content (AvgIpc) is 2.24. The smallest absolute Gasteiger partial charge is 0.137 e. The lowest BCUT2D eigenvalue weighted by molar-refractivity contribution is 0.0874. The minimum Gasteiger partial charge on any atom is -0.389 e. The Bertz CT molecular complexity index is 377. The Hall–Kier alpha value is -0.870. The fourth-order valence-electron chi connectivity index (χ4n) is 1.76. The van der Waals surface area contributed by atoms with Crippen LogP contribution in [0.5, 0.6) is 0 Å². The molecule has 96 valence electrons. The van der Waals surface area contributed by atoms with E-state index in [-0.39, 0.29) is 0 Å². The molecule has 1 N–H and O–H groups in total. The van der Waals surface area contributed by atoms with Crippen LogP contribution in [0.2, 0.25) is 5.15 Å². The number of halogens is 1. The lowest BCUT2D eigenvalue weighted by Gasteiger charge is -2.30. The molecule has 4 nitrogen and oxygen atoms in total. The van der Waals surface area contributed by atoms with Crippen LogP contribution in [-0.4, -0.2) is 33.8 Å². The third-order valence-corrected chi connectivity index (χ3v) is 2.81. The van der Waals surface area contributed by atoms with E-state index in [1.165, 1.54) is 6.33 Å². The molecule has 0 spiro atoms. The maximum atomic E-state index is 9.90. The van der Waals surface area contributed by atoms with Gasteiger partial charge in [-0.25, -0.2) is 9.97 Å². The van der Waals surface area contributed by atoms with Crippen molar-refractivity contribution >= 4 is 17.4 Å². The van der Waals surface area contributed by atoms with Crippen molar-refractivity contribution in [1.82, 2.24) is 9.97 Å². The summed E-state index contributed by atoms with van der Waals surface area (Å²) in [6.07, 6.45) is 2.24. The molecule has 0 saturated carbocycles. The number of aliphatic hydroxyl groups is 1. The molecule has 0 amide bonds. The van der Waals surface area contributed by atoms with Crippen LogP contribution in [0.25, 0.3) is 0 Å². The minimum atomic E-state index is -0.765. The summed E-state index contributed by atoms with van der Waals surface area (Å²) in [6, 6.07) is 0. The molecule has 0 aliphatic heterocycles. The Morgan fingerprint density at radius 3 is 2.47 bits per heavy atom. The number of hydrogen-bond donors (Lipinski definition) is 1. The van der Waals surface area contributed by atoms with E-state index < -0.39 is 5.60 Å². The molecule has 0 fully saturated rings. The SMILES string of the molecule is CCc1c(Cl)ncnc1N(CC)CC(C)(C)O. The average molecular weight is 258 g/mol. The summed E-state index contributed by atoms with van der Waals surface area (Å²) in [6.45, 7) is 8.90. The van der Waals surface area contributed by atoms with Crippen molar-refractivity contribution in [1.29, 1.82) is 0 Å².